The largest absolute Gasteiger partial charge is 0.493 e. The number of fused-ring (bicyclic) bond motifs is 1. The zero-order chi connectivity index (χ0) is 21.3. The van der Waals surface area contributed by atoms with Crippen LogP contribution in [0, 0.1) is 0 Å². The third-order valence-electron chi connectivity index (χ3n) is 4.86. The van der Waals surface area contributed by atoms with E-state index in [2.05, 4.69) is 40.5 Å². The van der Waals surface area contributed by atoms with Crippen LogP contribution in [0.25, 0.3) is 5.65 Å². The molecule has 0 spiro atoms. The van der Waals surface area contributed by atoms with E-state index in [0.717, 1.165) is 54.9 Å². The van der Waals surface area contributed by atoms with E-state index in [0.29, 0.717) is 6.54 Å². The third kappa shape index (κ3) is 6.46. The van der Waals surface area contributed by atoms with Gasteiger partial charge in [0.05, 0.1) is 14.2 Å². The number of hydrogen-bond acceptors (Lipinski definition) is 5. The summed E-state index contributed by atoms with van der Waals surface area (Å²) in [5.74, 6) is 3.29. The van der Waals surface area contributed by atoms with E-state index in [1.54, 1.807) is 14.2 Å². The molecule has 0 radical (unpaired) electrons. The van der Waals surface area contributed by atoms with Crippen LogP contribution in [0.15, 0.2) is 47.6 Å². The first kappa shape index (κ1) is 24.7. The van der Waals surface area contributed by atoms with Gasteiger partial charge in [-0.2, -0.15) is 0 Å². The molecule has 0 bridgehead atoms. The second kappa shape index (κ2) is 12.3. The average molecular weight is 538 g/mol. The predicted octanol–water partition coefficient (Wildman–Crippen LogP) is 3.05. The number of guanidine groups is 1. The Bertz CT molecular complexity index is 991. The maximum absolute atomic E-state index is 5.40. The van der Waals surface area contributed by atoms with Crippen molar-refractivity contribution in [2.45, 2.75) is 19.8 Å². The van der Waals surface area contributed by atoms with Crippen molar-refractivity contribution >= 4 is 35.6 Å². The SMILES string of the molecule is CCNC(=NCCc1nnc2ccccn12)N(C)CCc1ccc(OC)c(OC)c1.I. The Morgan fingerprint density at radius 2 is 1.90 bits per heavy atom. The summed E-state index contributed by atoms with van der Waals surface area (Å²) in [5.41, 5.74) is 2.04. The Morgan fingerprint density at radius 3 is 2.65 bits per heavy atom. The van der Waals surface area contributed by atoms with Gasteiger partial charge in [0.2, 0.25) is 0 Å². The highest BCUT2D eigenvalue weighted by atomic mass is 127. The van der Waals surface area contributed by atoms with E-state index in [1.165, 1.54) is 5.56 Å². The molecule has 1 N–H and O–H groups in total. The molecule has 168 valence electrons. The van der Waals surface area contributed by atoms with Gasteiger partial charge in [-0.25, -0.2) is 0 Å². The van der Waals surface area contributed by atoms with Crippen LogP contribution in [-0.4, -0.2) is 66.4 Å². The number of ether oxygens (including phenoxy) is 2. The van der Waals surface area contributed by atoms with E-state index < -0.39 is 0 Å². The Kier molecular flexibility index (Phi) is 9.83. The first-order valence-corrected chi connectivity index (χ1v) is 10.1. The summed E-state index contributed by atoms with van der Waals surface area (Å²) < 4.78 is 12.7. The molecule has 9 heteroatoms. The van der Waals surface area contributed by atoms with Crippen LogP contribution >= 0.6 is 24.0 Å². The standard InChI is InChI=1S/C22H30N6O2.HI/c1-5-23-22(24-13-11-21-26-25-20-8-6-7-14-28(20)21)27(2)15-12-17-9-10-18(29-3)19(16-17)30-4;/h6-10,14,16H,5,11-13,15H2,1-4H3,(H,23,24);1H. The van der Waals surface area contributed by atoms with Crippen LogP contribution in [0.4, 0.5) is 0 Å². The molecule has 0 saturated carbocycles. The Labute approximate surface area is 200 Å². The summed E-state index contributed by atoms with van der Waals surface area (Å²) >= 11 is 0. The molecular formula is C22H31IN6O2. The summed E-state index contributed by atoms with van der Waals surface area (Å²) in [7, 11) is 5.35. The molecule has 3 aromatic rings. The first-order chi connectivity index (χ1) is 14.7. The summed E-state index contributed by atoms with van der Waals surface area (Å²) in [6.07, 6.45) is 3.58. The molecule has 0 saturated heterocycles. The molecule has 31 heavy (non-hydrogen) atoms. The van der Waals surface area contributed by atoms with E-state index in [9.17, 15) is 0 Å². The fourth-order valence-electron chi connectivity index (χ4n) is 3.23. The lowest BCUT2D eigenvalue weighted by molar-refractivity contribution is 0.354. The van der Waals surface area contributed by atoms with Gasteiger partial charge in [0, 0.05) is 39.3 Å². The number of benzene rings is 1. The Hall–Kier alpha value is -2.56. The van der Waals surface area contributed by atoms with Crippen molar-refractivity contribution in [2.75, 3.05) is 40.9 Å². The molecule has 0 aliphatic carbocycles. The number of nitrogens with zero attached hydrogens (tertiary/aromatic N) is 5. The summed E-state index contributed by atoms with van der Waals surface area (Å²) in [4.78, 5) is 6.92. The molecule has 0 unspecified atom stereocenters. The van der Waals surface area contributed by atoms with Crippen molar-refractivity contribution in [1.82, 2.24) is 24.8 Å². The third-order valence-corrected chi connectivity index (χ3v) is 4.86. The fourth-order valence-corrected chi connectivity index (χ4v) is 3.23. The predicted molar refractivity (Wildman–Crippen MR) is 134 cm³/mol. The van der Waals surface area contributed by atoms with Crippen molar-refractivity contribution in [3.05, 3.63) is 54.0 Å². The Balaban J connectivity index is 0.00000341. The smallest absolute Gasteiger partial charge is 0.193 e. The second-order valence-electron chi connectivity index (χ2n) is 6.89. The maximum atomic E-state index is 5.40. The summed E-state index contributed by atoms with van der Waals surface area (Å²) in [6, 6.07) is 11.9. The number of hydrogen-bond donors (Lipinski definition) is 1. The van der Waals surface area contributed by atoms with Crippen molar-refractivity contribution in [3.63, 3.8) is 0 Å². The zero-order valence-electron chi connectivity index (χ0n) is 18.5. The first-order valence-electron chi connectivity index (χ1n) is 10.1. The van der Waals surface area contributed by atoms with Crippen molar-refractivity contribution in [1.29, 1.82) is 0 Å². The normalized spacial score (nSPS) is 11.2. The van der Waals surface area contributed by atoms with Crippen LogP contribution in [-0.2, 0) is 12.8 Å². The molecular weight excluding hydrogens is 507 g/mol. The van der Waals surface area contributed by atoms with Gasteiger partial charge in [-0.3, -0.25) is 9.39 Å². The molecule has 0 amide bonds. The van der Waals surface area contributed by atoms with Crippen molar-refractivity contribution < 1.29 is 9.47 Å². The fraction of sp³-hybridized carbons (Fsp3) is 0.409. The van der Waals surface area contributed by atoms with Crippen LogP contribution in [0.2, 0.25) is 0 Å². The van der Waals surface area contributed by atoms with Gasteiger partial charge in [-0.05, 0) is 43.2 Å². The monoisotopic (exact) mass is 538 g/mol. The summed E-state index contributed by atoms with van der Waals surface area (Å²) in [5, 5.41) is 11.8. The van der Waals surface area contributed by atoms with Gasteiger partial charge >= 0.3 is 0 Å². The highest BCUT2D eigenvalue weighted by Crippen LogP contribution is 2.27. The van der Waals surface area contributed by atoms with E-state index in [1.807, 2.05) is 40.9 Å². The molecule has 1 aromatic carbocycles. The van der Waals surface area contributed by atoms with Gasteiger partial charge in [0.15, 0.2) is 23.1 Å². The molecule has 2 aromatic heterocycles. The minimum atomic E-state index is 0. The number of rotatable bonds is 9. The lowest BCUT2D eigenvalue weighted by Gasteiger charge is -2.22. The van der Waals surface area contributed by atoms with Crippen LogP contribution < -0.4 is 14.8 Å². The van der Waals surface area contributed by atoms with E-state index in [-0.39, 0.29) is 24.0 Å². The number of methoxy groups -OCH3 is 2. The number of halogens is 1. The van der Waals surface area contributed by atoms with Crippen molar-refractivity contribution in [2.24, 2.45) is 4.99 Å². The number of likely N-dealkylation sites (N-methyl/N-ethyl adjacent to an activating group) is 1. The van der Waals surface area contributed by atoms with Crippen LogP contribution in [0.5, 0.6) is 11.5 Å². The molecule has 0 fully saturated rings. The van der Waals surface area contributed by atoms with E-state index in [4.69, 9.17) is 14.5 Å². The maximum Gasteiger partial charge on any atom is 0.193 e. The number of aliphatic imine (C=N–C) groups is 1. The van der Waals surface area contributed by atoms with Gasteiger partial charge in [0.1, 0.15) is 5.82 Å². The molecule has 3 rings (SSSR count). The van der Waals surface area contributed by atoms with Gasteiger partial charge in [-0.1, -0.05) is 12.1 Å². The molecule has 0 aliphatic heterocycles. The average Bonchev–Trinajstić information content (AvgIpc) is 3.19. The zero-order valence-corrected chi connectivity index (χ0v) is 20.9. The number of aromatic nitrogens is 3. The highest BCUT2D eigenvalue weighted by molar-refractivity contribution is 14.0. The van der Waals surface area contributed by atoms with E-state index >= 15 is 0 Å². The minimum Gasteiger partial charge on any atom is -0.493 e. The van der Waals surface area contributed by atoms with Gasteiger partial charge < -0.3 is 19.7 Å². The lowest BCUT2D eigenvalue weighted by Crippen LogP contribution is -2.40. The van der Waals surface area contributed by atoms with Crippen molar-refractivity contribution in [3.8, 4) is 11.5 Å². The van der Waals surface area contributed by atoms with Crippen LogP contribution in [0.1, 0.15) is 18.3 Å². The number of pyridine rings is 1. The minimum absolute atomic E-state index is 0. The molecule has 0 atom stereocenters. The highest BCUT2D eigenvalue weighted by Gasteiger charge is 2.09. The van der Waals surface area contributed by atoms with Crippen LogP contribution in [0.3, 0.4) is 0 Å². The van der Waals surface area contributed by atoms with Gasteiger partial charge in [0.25, 0.3) is 0 Å². The number of nitrogens with one attached hydrogen (secondary N) is 1. The quantitative estimate of drug-likeness (QED) is 0.257. The topological polar surface area (TPSA) is 76.3 Å². The molecule has 0 aliphatic rings. The second-order valence-corrected chi connectivity index (χ2v) is 6.89. The molecule has 8 nitrogen and oxygen atoms in total. The van der Waals surface area contributed by atoms with Gasteiger partial charge in [-0.15, -0.1) is 34.2 Å². The lowest BCUT2D eigenvalue weighted by atomic mass is 10.1. The molecule has 2 heterocycles. The summed E-state index contributed by atoms with van der Waals surface area (Å²) in [6.45, 7) is 4.35. The Morgan fingerprint density at radius 1 is 1.10 bits per heavy atom.